The van der Waals surface area contributed by atoms with Gasteiger partial charge in [0.05, 0.1) is 10.7 Å². The number of anilines is 2. The number of aromatic nitrogens is 1. The number of benzene rings is 1. The van der Waals surface area contributed by atoms with E-state index in [2.05, 4.69) is 21.2 Å². The molecule has 0 atom stereocenters. The molecule has 0 saturated heterocycles. The standard InChI is InChI=1S/C18H15ClN6O2S/c19-12-5-6-14(22-9-12)23-18(27)15-13(7-8-28-15)24-25-17(26)11-3-1-10(2-4-11)16(20)21/h1-9,24H,(H3,20,21)(H,25,26)(H,22,23,27). The van der Waals surface area contributed by atoms with Gasteiger partial charge >= 0.3 is 0 Å². The van der Waals surface area contributed by atoms with Gasteiger partial charge < -0.3 is 11.1 Å². The molecule has 28 heavy (non-hydrogen) atoms. The van der Waals surface area contributed by atoms with Gasteiger partial charge in [-0.15, -0.1) is 11.3 Å². The Morgan fingerprint density at radius 2 is 1.75 bits per heavy atom. The summed E-state index contributed by atoms with van der Waals surface area (Å²) in [7, 11) is 0. The van der Waals surface area contributed by atoms with Crippen LogP contribution in [0.5, 0.6) is 0 Å². The van der Waals surface area contributed by atoms with Crippen LogP contribution >= 0.6 is 22.9 Å². The molecular formula is C18H15ClN6O2S. The van der Waals surface area contributed by atoms with Crippen LogP contribution in [0.4, 0.5) is 11.5 Å². The number of halogens is 1. The molecule has 1 aromatic carbocycles. The summed E-state index contributed by atoms with van der Waals surface area (Å²) in [5.41, 5.74) is 12.0. The molecular weight excluding hydrogens is 400 g/mol. The fraction of sp³-hybridized carbons (Fsp3) is 0. The molecule has 0 fully saturated rings. The zero-order valence-electron chi connectivity index (χ0n) is 14.3. The fourth-order valence-corrected chi connectivity index (χ4v) is 3.06. The van der Waals surface area contributed by atoms with Gasteiger partial charge in [0.2, 0.25) is 0 Å². The van der Waals surface area contributed by atoms with Crippen LogP contribution in [0, 0.1) is 5.41 Å². The molecule has 142 valence electrons. The molecule has 0 aliphatic heterocycles. The van der Waals surface area contributed by atoms with Crippen LogP contribution in [0.1, 0.15) is 25.6 Å². The van der Waals surface area contributed by atoms with E-state index in [9.17, 15) is 9.59 Å². The number of pyridine rings is 1. The molecule has 0 aliphatic rings. The number of rotatable bonds is 6. The SMILES string of the molecule is N=C(N)c1ccc(C(=O)NNc2ccsc2C(=O)Nc2ccc(Cl)cn2)cc1. The number of nitrogens with one attached hydrogen (secondary N) is 4. The first-order chi connectivity index (χ1) is 13.4. The number of thiophene rings is 1. The minimum absolute atomic E-state index is 0.0748. The van der Waals surface area contributed by atoms with Gasteiger partial charge in [-0.25, -0.2) is 4.98 Å². The van der Waals surface area contributed by atoms with Crippen molar-refractivity contribution in [3.63, 3.8) is 0 Å². The third-order valence-corrected chi connectivity index (χ3v) is 4.75. The van der Waals surface area contributed by atoms with E-state index in [1.54, 1.807) is 47.8 Å². The quantitative estimate of drug-likeness (QED) is 0.240. The first kappa shape index (κ1) is 19.3. The normalized spacial score (nSPS) is 10.2. The largest absolute Gasteiger partial charge is 0.384 e. The number of amides is 2. The Kier molecular flexibility index (Phi) is 5.87. The van der Waals surface area contributed by atoms with E-state index < -0.39 is 5.91 Å². The highest BCUT2D eigenvalue weighted by Crippen LogP contribution is 2.23. The number of hydrogen-bond acceptors (Lipinski definition) is 6. The lowest BCUT2D eigenvalue weighted by atomic mass is 10.1. The van der Waals surface area contributed by atoms with Crippen molar-refractivity contribution in [3.05, 3.63) is 75.1 Å². The number of carbonyl (C=O) groups excluding carboxylic acids is 2. The van der Waals surface area contributed by atoms with E-state index >= 15 is 0 Å². The lowest BCUT2D eigenvalue weighted by Crippen LogP contribution is -2.30. The molecule has 0 spiro atoms. The fourth-order valence-electron chi connectivity index (χ4n) is 2.20. The van der Waals surface area contributed by atoms with Crippen molar-refractivity contribution in [3.8, 4) is 0 Å². The third kappa shape index (κ3) is 4.64. The first-order valence-corrected chi connectivity index (χ1v) is 9.21. The van der Waals surface area contributed by atoms with Crippen LogP contribution in [0.15, 0.2) is 54.0 Å². The van der Waals surface area contributed by atoms with Crippen LogP contribution < -0.4 is 21.9 Å². The van der Waals surface area contributed by atoms with E-state index in [1.165, 1.54) is 17.5 Å². The molecule has 2 heterocycles. The Morgan fingerprint density at radius 3 is 2.39 bits per heavy atom. The van der Waals surface area contributed by atoms with Crippen LogP contribution in [0.3, 0.4) is 0 Å². The van der Waals surface area contributed by atoms with Crippen LogP contribution in [0.2, 0.25) is 5.02 Å². The van der Waals surface area contributed by atoms with E-state index in [0.29, 0.717) is 32.5 Å². The second-order valence-electron chi connectivity index (χ2n) is 5.55. The summed E-state index contributed by atoms with van der Waals surface area (Å²) in [4.78, 5) is 29.1. The van der Waals surface area contributed by atoms with Gasteiger partial charge in [0.15, 0.2) is 0 Å². The summed E-state index contributed by atoms with van der Waals surface area (Å²) < 4.78 is 0. The van der Waals surface area contributed by atoms with Gasteiger partial charge in [-0.05, 0) is 35.7 Å². The predicted octanol–water partition coefficient (Wildman–Crippen LogP) is 3.09. The molecule has 0 aliphatic carbocycles. The summed E-state index contributed by atoms with van der Waals surface area (Å²) in [5.74, 6) is -0.475. The van der Waals surface area contributed by atoms with Crippen molar-refractivity contribution >= 4 is 52.1 Å². The van der Waals surface area contributed by atoms with Crippen LogP contribution in [-0.2, 0) is 0 Å². The topological polar surface area (TPSA) is 133 Å². The average Bonchev–Trinajstić information content (AvgIpc) is 3.16. The molecule has 3 rings (SSSR count). The van der Waals surface area contributed by atoms with Crippen molar-refractivity contribution in [2.24, 2.45) is 5.73 Å². The smallest absolute Gasteiger partial charge is 0.269 e. The molecule has 0 unspecified atom stereocenters. The van der Waals surface area contributed by atoms with Crippen molar-refractivity contribution in [1.29, 1.82) is 5.41 Å². The lowest BCUT2D eigenvalue weighted by Gasteiger charge is -2.10. The van der Waals surface area contributed by atoms with E-state index in [0.717, 1.165) is 0 Å². The second kappa shape index (κ2) is 8.51. The van der Waals surface area contributed by atoms with Crippen LogP contribution in [0.25, 0.3) is 0 Å². The molecule has 0 saturated carbocycles. The number of amidine groups is 1. The van der Waals surface area contributed by atoms with Gasteiger partial charge in [0.1, 0.15) is 16.5 Å². The van der Waals surface area contributed by atoms with Gasteiger partial charge in [0.25, 0.3) is 11.8 Å². The lowest BCUT2D eigenvalue weighted by molar-refractivity contribution is 0.0960. The number of nitrogens with two attached hydrogens (primary N) is 1. The summed E-state index contributed by atoms with van der Waals surface area (Å²) >= 11 is 6.99. The Bertz CT molecular complexity index is 1020. The molecule has 3 aromatic rings. The zero-order chi connectivity index (χ0) is 20.1. The van der Waals surface area contributed by atoms with Gasteiger partial charge in [0, 0.05) is 17.3 Å². The van der Waals surface area contributed by atoms with Gasteiger partial charge in [-0.1, -0.05) is 23.7 Å². The highest BCUT2D eigenvalue weighted by Gasteiger charge is 2.15. The van der Waals surface area contributed by atoms with Crippen molar-refractivity contribution in [2.45, 2.75) is 0 Å². The number of carbonyl (C=O) groups is 2. The van der Waals surface area contributed by atoms with E-state index in [4.69, 9.17) is 22.7 Å². The highest BCUT2D eigenvalue weighted by molar-refractivity contribution is 7.12. The molecule has 6 N–H and O–H groups in total. The monoisotopic (exact) mass is 414 g/mol. The summed E-state index contributed by atoms with van der Waals surface area (Å²) in [6.07, 6.45) is 1.43. The van der Waals surface area contributed by atoms with Crippen LogP contribution in [-0.4, -0.2) is 22.6 Å². The number of hydrazine groups is 1. The van der Waals surface area contributed by atoms with Gasteiger partial charge in [-0.3, -0.25) is 25.8 Å². The number of nitrogen functional groups attached to an aromatic ring is 1. The summed E-state index contributed by atoms with van der Waals surface area (Å²) in [6.45, 7) is 0. The number of nitrogens with zero attached hydrogens (tertiary/aromatic N) is 1. The maximum atomic E-state index is 12.4. The van der Waals surface area contributed by atoms with Crippen molar-refractivity contribution < 1.29 is 9.59 Å². The Balaban J connectivity index is 1.63. The van der Waals surface area contributed by atoms with Crippen molar-refractivity contribution in [2.75, 3.05) is 10.7 Å². The van der Waals surface area contributed by atoms with E-state index in [1.807, 2.05) is 0 Å². The maximum Gasteiger partial charge on any atom is 0.269 e. The average molecular weight is 415 g/mol. The molecule has 0 bridgehead atoms. The Labute approximate surface area is 169 Å². The minimum Gasteiger partial charge on any atom is -0.384 e. The summed E-state index contributed by atoms with van der Waals surface area (Å²) in [6, 6.07) is 11.2. The minimum atomic E-state index is -0.396. The zero-order valence-corrected chi connectivity index (χ0v) is 15.9. The summed E-state index contributed by atoms with van der Waals surface area (Å²) in [5, 5.41) is 12.2. The van der Waals surface area contributed by atoms with E-state index in [-0.39, 0.29) is 11.7 Å². The Morgan fingerprint density at radius 1 is 1.04 bits per heavy atom. The molecule has 0 radical (unpaired) electrons. The molecule has 10 heteroatoms. The molecule has 2 aromatic heterocycles. The first-order valence-electron chi connectivity index (χ1n) is 7.95. The number of hydrogen-bond donors (Lipinski definition) is 5. The Hall–Kier alpha value is -3.43. The van der Waals surface area contributed by atoms with Crippen molar-refractivity contribution in [1.82, 2.24) is 10.4 Å². The predicted molar refractivity (Wildman–Crippen MR) is 110 cm³/mol. The molecule has 8 nitrogen and oxygen atoms in total. The third-order valence-electron chi connectivity index (χ3n) is 3.61. The maximum absolute atomic E-state index is 12.4. The highest BCUT2D eigenvalue weighted by atomic mass is 35.5. The second-order valence-corrected chi connectivity index (χ2v) is 6.90. The van der Waals surface area contributed by atoms with Gasteiger partial charge in [-0.2, -0.15) is 0 Å². The molecule has 2 amide bonds.